The zero-order valence-corrected chi connectivity index (χ0v) is 9.30. The third-order valence-corrected chi connectivity index (χ3v) is 2.35. The molecule has 6 nitrogen and oxygen atoms in total. The average Bonchev–Trinajstić information content (AvgIpc) is 2.65. The molecule has 0 fully saturated rings. The zero-order valence-electron chi connectivity index (χ0n) is 9.30. The van der Waals surface area contributed by atoms with Crippen molar-refractivity contribution < 1.29 is 9.59 Å². The molecule has 1 amide bonds. The first-order valence-electron chi connectivity index (χ1n) is 5.22. The molecule has 0 unspecified atom stereocenters. The summed E-state index contributed by atoms with van der Waals surface area (Å²) in [6, 6.07) is 4.95. The Morgan fingerprint density at radius 2 is 2.22 bits per heavy atom. The molecule has 0 spiro atoms. The maximum atomic E-state index is 11.4. The first-order valence-corrected chi connectivity index (χ1v) is 5.22. The van der Waals surface area contributed by atoms with Crippen molar-refractivity contribution in [2.45, 2.75) is 6.42 Å². The number of fused-ring (bicyclic) bond motifs is 1. The van der Waals surface area contributed by atoms with E-state index in [4.69, 9.17) is 5.53 Å². The highest BCUT2D eigenvalue weighted by molar-refractivity contribution is 6.51. The van der Waals surface area contributed by atoms with Crippen molar-refractivity contribution in [3.8, 4) is 11.8 Å². The molecular weight excluding hydrogens is 232 g/mol. The topological polar surface area (TPSA) is 94.9 Å². The third-order valence-electron chi connectivity index (χ3n) is 2.35. The van der Waals surface area contributed by atoms with Gasteiger partial charge in [-0.05, 0) is 23.7 Å². The van der Waals surface area contributed by atoms with E-state index in [1.54, 1.807) is 18.2 Å². The molecule has 2 rings (SSSR count). The molecule has 0 aliphatic carbocycles. The molecule has 1 aromatic carbocycles. The normalized spacial score (nSPS) is 12.0. The van der Waals surface area contributed by atoms with Crippen LogP contribution in [0, 0.1) is 11.8 Å². The Balaban J connectivity index is 2.15. The Morgan fingerprint density at radius 3 is 3.00 bits per heavy atom. The van der Waals surface area contributed by atoms with E-state index in [1.165, 1.54) is 0 Å². The Morgan fingerprint density at radius 1 is 1.39 bits per heavy atom. The second kappa shape index (κ2) is 5.04. The van der Waals surface area contributed by atoms with Gasteiger partial charge >= 0.3 is 0 Å². The molecule has 0 atom stereocenters. The van der Waals surface area contributed by atoms with Gasteiger partial charge in [0.05, 0.1) is 11.3 Å². The van der Waals surface area contributed by atoms with Crippen molar-refractivity contribution in [2.75, 3.05) is 11.9 Å². The minimum absolute atomic E-state index is 0.313. The van der Waals surface area contributed by atoms with E-state index in [9.17, 15) is 9.59 Å². The number of hydrogen-bond donors (Lipinski definition) is 1. The number of carbonyl (C=O) groups is 2. The van der Waals surface area contributed by atoms with Gasteiger partial charge in [-0.1, -0.05) is 17.0 Å². The van der Waals surface area contributed by atoms with E-state index in [-0.39, 0.29) is 0 Å². The van der Waals surface area contributed by atoms with Gasteiger partial charge in [-0.3, -0.25) is 9.59 Å². The van der Waals surface area contributed by atoms with Gasteiger partial charge in [-0.15, -0.1) is 0 Å². The number of anilines is 1. The largest absolute Gasteiger partial charge is 0.318 e. The summed E-state index contributed by atoms with van der Waals surface area (Å²) in [7, 11) is 0. The van der Waals surface area contributed by atoms with E-state index >= 15 is 0 Å². The summed E-state index contributed by atoms with van der Waals surface area (Å²) in [5.41, 5.74) is 9.60. The SMILES string of the molecule is [N-]=[N+]=NCCC#Cc1ccc2c(c1)C(=O)C(=O)N2. The van der Waals surface area contributed by atoms with Gasteiger partial charge in [0, 0.05) is 23.4 Å². The van der Waals surface area contributed by atoms with E-state index in [2.05, 4.69) is 27.2 Å². The molecule has 1 N–H and O–H groups in total. The lowest BCUT2D eigenvalue weighted by molar-refractivity contribution is -0.112. The Labute approximate surface area is 103 Å². The van der Waals surface area contributed by atoms with E-state index in [0.29, 0.717) is 29.8 Å². The van der Waals surface area contributed by atoms with E-state index < -0.39 is 11.7 Å². The van der Waals surface area contributed by atoms with Crippen LogP contribution in [-0.4, -0.2) is 18.2 Å². The Kier molecular flexibility index (Phi) is 3.28. The lowest BCUT2D eigenvalue weighted by atomic mass is 10.1. The van der Waals surface area contributed by atoms with Crippen LogP contribution in [0.5, 0.6) is 0 Å². The molecular formula is C12H8N4O2. The molecule has 0 saturated carbocycles. The van der Waals surface area contributed by atoms with Crippen LogP contribution in [0.3, 0.4) is 0 Å². The quantitative estimate of drug-likeness (QED) is 0.213. The highest BCUT2D eigenvalue weighted by Gasteiger charge is 2.27. The van der Waals surface area contributed by atoms with Crippen LogP contribution in [0.2, 0.25) is 0 Å². The fourth-order valence-electron chi connectivity index (χ4n) is 1.54. The maximum absolute atomic E-state index is 11.4. The smallest absolute Gasteiger partial charge is 0.296 e. The monoisotopic (exact) mass is 240 g/mol. The van der Waals surface area contributed by atoms with Crippen LogP contribution in [0.1, 0.15) is 22.3 Å². The average molecular weight is 240 g/mol. The summed E-state index contributed by atoms with van der Waals surface area (Å²) in [4.78, 5) is 25.2. The fourth-order valence-corrected chi connectivity index (χ4v) is 1.54. The fraction of sp³-hybridized carbons (Fsp3) is 0.167. The maximum Gasteiger partial charge on any atom is 0.296 e. The number of rotatable bonds is 2. The molecule has 18 heavy (non-hydrogen) atoms. The minimum Gasteiger partial charge on any atom is -0.318 e. The predicted molar refractivity (Wildman–Crippen MR) is 64.9 cm³/mol. The highest BCUT2D eigenvalue weighted by Crippen LogP contribution is 2.23. The summed E-state index contributed by atoms with van der Waals surface area (Å²) in [6.07, 6.45) is 0.451. The summed E-state index contributed by atoms with van der Waals surface area (Å²) in [5, 5.41) is 5.82. The van der Waals surface area contributed by atoms with E-state index in [1.807, 2.05) is 0 Å². The number of ketones is 1. The van der Waals surface area contributed by atoms with Crippen LogP contribution < -0.4 is 5.32 Å². The number of carbonyl (C=O) groups excluding carboxylic acids is 2. The number of amides is 1. The number of nitrogens with one attached hydrogen (secondary N) is 1. The standard InChI is InChI=1S/C12H8N4O2/c13-16-14-6-2-1-3-8-4-5-10-9(7-8)11(17)12(18)15-10/h4-5,7H,2,6H2,(H,15,17,18). The predicted octanol–water partition coefficient (Wildman–Crippen LogP) is 1.87. The number of hydrogen-bond acceptors (Lipinski definition) is 3. The van der Waals surface area contributed by atoms with Gasteiger partial charge < -0.3 is 5.32 Å². The minimum atomic E-state index is -0.613. The first-order chi connectivity index (χ1) is 8.72. The van der Waals surface area contributed by atoms with Gasteiger partial charge in [0.15, 0.2) is 0 Å². The molecule has 0 bridgehead atoms. The molecule has 6 heteroatoms. The van der Waals surface area contributed by atoms with Gasteiger partial charge in [-0.25, -0.2) is 0 Å². The first kappa shape index (κ1) is 11.7. The Hall–Kier alpha value is -2.77. The van der Waals surface area contributed by atoms with E-state index in [0.717, 1.165) is 0 Å². The van der Waals surface area contributed by atoms with Crippen LogP contribution in [0.15, 0.2) is 23.3 Å². The van der Waals surface area contributed by atoms with Gasteiger partial charge in [0.25, 0.3) is 11.7 Å². The van der Waals surface area contributed by atoms with Crippen molar-refractivity contribution in [1.82, 2.24) is 0 Å². The summed E-state index contributed by atoms with van der Waals surface area (Å²) >= 11 is 0. The Bertz CT molecular complexity index is 633. The zero-order chi connectivity index (χ0) is 13.0. The molecule has 88 valence electrons. The van der Waals surface area contributed by atoms with Gasteiger partial charge in [0.1, 0.15) is 0 Å². The number of nitrogens with zero attached hydrogens (tertiary/aromatic N) is 3. The second-order valence-electron chi connectivity index (χ2n) is 3.55. The molecule has 0 aromatic heterocycles. The lowest BCUT2D eigenvalue weighted by Crippen LogP contribution is -2.12. The van der Waals surface area contributed by atoms with Crippen LogP contribution >= 0.6 is 0 Å². The highest BCUT2D eigenvalue weighted by atomic mass is 16.2. The third kappa shape index (κ3) is 2.32. The molecule has 1 aliphatic rings. The lowest BCUT2D eigenvalue weighted by Gasteiger charge is -1.96. The second-order valence-corrected chi connectivity index (χ2v) is 3.55. The molecule has 1 aliphatic heterocycles. The molecule has 1 heterocycles. The number of Topliss-reactive ketones (excluding diaryl/α,β-unsaturated/α-hetero) is 1. The number of benzene rings is 1. The summed E-state index contributed by atoms with van der Waals surface area (Å²) in [5.74, 6) is 4.51. The van der Waals surface area contributed by atoms with Crippen molar-refractivity contribution in [1.29, 1.82) is 0 Å². The number of azide groups is 1. The molecule has 0 saturated heterocycles. The van der Waals surface area contributed by atoms with Crippen molar-refractivity contribution in [3.05, 3.63) is 39.8 Å². The van der Waals surface area contributed by atoms with Crippen LogP contribution in [0.25, 0.3) is 10.4 Å². The van der Waals surface area contributed by atoms with Crippen molar-refractivity contribution in [3.63, 3.8) is 0 Å². The van der Waals surface area contributed by atoms with Crippen molar-refractivity contribution >= 4 is 17.4 Å². The van der Waals surface area contributed by atoms with Crippen molar-refractivity contribution in [2.24, 2.45) is 5.11 Å². The summed E-state index contributed by atoms with van der Waals surface area (Å²) in [6.45, 7) is 0.313. The molecule has 0 radical (unpaired) electrons. The van der Waals surface area contributed by atoms with Crippen LogP contribution in [0.4, 0.5) is 5.69 Å². The van der Waals surface area contributed by atoms with Gasteiger partial charge in [-0.2, -0.15) is 0 Å². The molecule has 1 aromatic rings. The van der Waals surface area contributed by atoms with Crippen LogP contribution in [-0.2, 0) is 4.79 Å². The summed E-state index contributed by atoms with van der Waals surface area (Å²) < 4.78 is 0. The van der Waals surface area contributed by atoms with Gasteiger partial charge in [0.2, 0.25) is 0 Å².